The summed E-state index contributed by atoms with van der Waals surface area (Å²) in [6.45, 7) is 0. The minimum Gasteiger partial charge on any atom is -0.504 e. The SMILES string of the molecule is N[C@@H](Cc1ccc([N+](=O)[O-])cc1)C(=O)O.O=C(O)/C=C/c1ccc(O)c(O)c1. The summed E-state index contributed by atoms with van der Waals surface area (Å²) in [4.78, 5) is 30.4. The van der Waals surface area contributed by atoms with Gasteiger partial charge in [-0.3, -0.25) is 14.9 Å². The molecule has 0 spiro atoms. The molecule has 0 fully saturated rings. The number of rotatable bonds is 6. The molecular weight excluding hydrogens is 372 g/mol. The predicted molar refractivity (Wildman–Crippen MR) is 98.9 cm³/mol. The molecular formula is C18H18N2O8. The highest BCUT2D eigenvalue weighted by molar-refractivity contribution is 5.85. The number of non-ortho nitro benzene ring substituents is 1. The van der Waals surface area contributed by atoms with E-state index < -0.39 is 22.9 Å². The van der Waals surface area contributed by atoms with Crippen molar-refractivity contribution in [3.8, 4) is 11.5 Å². The number of nitrogens with zero attached hydrogens (tertiary/aromatic N) is 1. The largest absolute Gasteiger partial charge is 0.504 e. The lowest BCUT2D eigenvalue weighted by atomic mass is 10.1. The zero-order valence-electron chi connectivity index (χ0n) is 14.4. The van der Waals surface area contributed by atoms with Gasteiger partial charge in [-0.1, -0.05) is 18.2 Å². The molecule has 6 N–H and O–H groups in total. The van der Waals surface area contributed by atoms with E-state index in [9.17, 15) is 19.7 Å². The fourth-order valence-electron chi connectivity index (χ4n) is 1.91. The van der Waals surface area contributed by atoms with Crippen LogP contribution in [-0.4, -0.2) is 43.3 Å². The number of phenolic OH excluding ortho intramolecular Hbond substituents is 2. The summed E-state index contributed by atoms with van der Waals surface area (Å²) in [7, 11) is 0. The van der Waals surface area contributed by atoms with Crippen LogP contribution in [0.15, 0.2) is 48.5 Å². The van der Waals surface area contributed by atoms with Crippen LogP contribution in [-0.2, 0) is 16.0 Å². The van der Waals surface area contributed by atoms with Gasteiger partial charge in [0.1, 0.15) is 6.04 Å². The van der Waals surface area contributed by atoms with Gasteiger partial charge in [-0.2, -0.15) is 0 Å². The van der Waals surface area contributed by atoms with E-state index in [1.165, 1.54) is 48.5 Å². The Bertz CT molecular complexity index is 878. The van der Waals surface area contributed by atoms with Gasteiger partial charge < -0.3 is 26.2 Å². The Morgan fingerprint density at radius 1 is 1.07 bits per heavy atom. The van der Waals surface area contributed by atoms with Crippen LogP contribution in [0.2, 0.25) is 0 Å². The smallest absolute Gasteiger partial charge is 0.328 e. The second kappa shape index (κ2) is 10.3. The lowest BCUT2D eigenvalue weighted by Gasteiger charge is -2.05. The first kappa shape index (κ1) is 22.1. The number of carbonyl (C=O) groups is 2. The summed E-state index contributed by atoms with van der Waals surface area (Å²) in [5, 5.41) is 45.1. The Kier molecular flexibility index (Phi) is 8.12. The molecule has 10 nitrogen and oxygen atoms in total. The average Bonchev–Trinajstić information content (AvgIpc) is 2.63. The van der Waals surface area contributed by atoms with Gasteiger partial charge in [-0.05, 0) is 35.8 Å². The van der Waals surface area contributed by atoms with Crippen molar-refractivity contribution in [1.29, 1.82) is 0 Å². The number of phenols is 2. The lowest BCUT2D eigenvalue weighted by Crippen LogP contribution is -2.32. The van der Waals surface area contributed by atoms with E-state index in [-0.39, 0.29) is 23.6 Å². The standard InChI is InChI=1S/C9H10N2O4.C9H8O4/c10-8(9(12)13)5-6-1-3-7(4-2-6)11(14)15;10-7-3-1-6(5-8(7)11)2-4-9(12)13/h1-4,8H,5,10H2,(H,12,13);1-5,10-11H,(H,12,13)/b;4-2+/t8-;/m0./s1. The van der Waals surface area contributed by atoms with Crippen LogP contribution in [0.1, 0.15) is 11.1 Å². The monoisotopic (exact) mass is 390 g/mol. The quantitative estimate of drug-likeness (QED) is 0.212. The average molecular weight is 390 g/mol. The van der Waals surface area contributed by atoms with Crippen molar-refractivity contribution in [3.05, 3.63) is 69.8 Å². The van der Waals surface area contributed by atoms with E-state index >= 15 is 0 Å². The van der Waals surface area contributed by atoms with E-state index in [0.717, 1.165) is 6.08 Å². The van der Waals surface area contributed by atoms with E-state index in [1.54, 1.807) is 0 Å². The van der Waals surface area contributed by atoms with Crippen LogP contribution >= 0.6 is 0 Å². The van der Waals surface area contributed by atoms with Gasteiger partial charge >= 0.3 is 11.9 Å². The van der Waals surface area contributed by atoms with Gasteiger partial charge in [0.15, 0.2) is 11.5 Å². The summed E-state index contributed by atoms with van der Waals surface area (Å²) in [5.74, 6) is -2.65. The molecule has 0 saturated carbocycles. The number of aromatic hydroxyl groups is 2. The molecule has 0 aliphatic heterocycles. The fraction of sp³-hybridized carbons (Fsp3) is 0.111. The maximum atomic E-state index is 10.4. The van der Waals surface area contributed by atoms with Gasteiger partial charge in [0.05, 0.1) is 4.92 Å². The molecule has 148 valence electrons. The summed E-state index contributed by atoms with van der Waals surface area (Å²) in [6.07, 6.45) is 2.43. The number of nitro benzene ring substituents is 1. The number of hydrogen-bond acceptors (Lipinski definition) is 7. The number of nitro groups is 1. The molecule has 0 amide bonds. The molecule has 10 heteroatoms. The van der Waals surface area contributed by atoms with Gasteiger partial charge in [-0.15, -0.1) is 0 Å². The predicted octanol–water partition coefficient (Wildman–Crippen LogP) is 1.74. The summed E-state index contributed by atoms with van der Waals surface area (Å²) < 4.78 is 0. The van der Waals surface area contributed by atoms with Crippen molar-refractivity contribution in [2.45, 2.75) is 12.5 Å². The Morgan fingerprint density at radius 2 is 1.68 bits per heavy atom. The third-order valence-electron chi connectivity index (χ3n) is 3.34. The molecule has 0 heterocycles. The van der Waals surface area contributed by atoms with Gasteiger partial charge in [0.25, 0.3) is 5.69 Å². The van der Waals surface area contributed by atoms with Crippen molar-refractivity contribution in [2.24, 2.45) is 5.73 Å². The summed E-state index contributed by atoms with van der Waals surface area (Å²) in [5.41, 5.74) is 6.46. The maximum Gasteiger partial charge on any atom is 0.328 e. The highest BCUT2D eigenvalue weighted by atomic mass is 16.6. The summed E-state index contributed by atoms with van der Waals surface area (Å²) >= 11 is 0. The number of carboxylic acid groups (broad SMARTS) is 2. The highest BCUT2D eigenvalue weighted by Gasteiger charge is 2.12. The zero-order chi connectivity index (χ0) is 21.3. The molecule has 0 unspecified atom stereocenters. The third kappa shape index (κ3) is 7.54. The van der Waals surface area contributed by atoms with Crippen molar-refractivity contribution in [1.82, 2.24) is 0 Å². The maximum absolute atomic E-state index is 10.4. The second-order valence-electron chi connectivity index (χ2n) is 5.49. The molecule has 2 rings (SSSR count). The Hall–Kier alpha value is -3.92. The van der Waals surface area contributed by atoms with Crippen LogP contribution < -0.4 is 5.73 Å². The topological polar surface area (TPSA) is 184 Å². The highest BCUT2D eigenvalue weighted by Crippen LogP contribution is 2.25. The van der Waals surface area contributed by atoms with Gasteiger partial charge in [-0.25, -0.2) is 4.79 Å². The van der Waals surface area contributed by atoms with Crippen LogP contribution in [0.4, 0.5) is 5.69 Å². The van der Waals surface area contributed by atoms with Crippen LogP contribution in [0.3, 0.4) is 0 Å². The minimum absolute atomic E-state index is 0.0253. The van der Waals surface area contributed by atoms with E-state index in [1.807, 2.05) is 0 Å². The molecule has 2 aromatic carbocycles. The lowest BCUT2D eigenvalue weighted by molar-refractivity contribution is -0.384. The molecule has 28 heavy (non-hydrogen) atoms. The van der Waals surface area contributed by atoms with Crippen molar-refractivity contribution < 1.29 is 34.9 Å². The number of carboxylic acids is 2. The molecule has 0 saturated heterocycles. The number of benzene rings is 2. The molecule has 0 bridgehead atoms. The molecule has 0 aliphatic carbocycles. The molecule has 0 radical (unpaired) electrons. The number of hydrogen-bond donors (Lipinski definition) is 5. The van der Waals surface area contributed by atoms with Crippen molar-refractivity contribution in [2.75, 3.05) is 0 Å². The van der Waals surface area contributed by atoms with Crippen LogP contribution in [0, 0.1) is 10.1 Å². The molecule has 2 aromatic rings. The van der Waals surface area contributed by atoms with Crippen molar-refractivity contribution in [3.63, 3.8) is 0 Å². The van der Waals surface area contributed by atoms with Crippen molar-refractivity contribution >= 4 is 23.7 Å². The summed E-state index contributed by atoms with van der Waals surface area (Å²) in [6, 6.07) is 8.72. The zero-order valence-corrected chi connectivity index (χ0v) is 14.4. The number of nitrogens with two attached hydrogens (primary N) is 1. The first-order valence-electron chi connectivity index (χ1n) is 7.75. The Labute approximate surface area is 158 Å². The Balaban J connectivity index is 0.000000283. The third-order valence-corrected chi connectivity index (χ3v) is 3.34. The van der Waals surface area contributed by atoms with E-state index in [2.05, 4.69) is 0 Å². The normalized spacial score (nSPS) is 11.3. The first-order valence-corrected chi connectivity index (χ1v) is 7.75. The van der Waals surface area contributed by atoms with Crippen LogP contribution in [0.25, 0.3) is 6.08 Å². The fourth-order valence-corrected chi connectivity index (χ4v) is 1.91. The van der Waals surface area contributed by atoms with Gasteiger partial charge in [0, 0.05) is 18.2 Å². The van der Waals surface area contributed by atoms with E-state index in [4.69, 9.17) is 26.2 Å². The molecule has 1 atom stereocenters. The first-order chi connectivity index (χ1) is 13.1. The second-order valence-corrected chi connectivity index (χ2v) is 5.49. The molecule has 0 aliphatic rings. The minimum atomic E-state index is -1.09. The van der Waals surface area contributed by atoms with Crippen LogP contribution in [0.5, 0.6) is 11.5 Å². The number of aliphatic carboxylic acids is 2. The Morgan fingerprint density at radius 3 is 2.14 bits per heavy atom. The van der Waals surface area contributed by atoms with Gasteiger partial charge in [0.2, 0.25) is 0 Å². The van der Waals surface area contributed by atoms with E-state index in [0.29, 0.717) is 11.1 Å². The molecule has 0 aromatic heterocycles.